The maximum atomic E-state index is 12.4. The summed E-state index contributed by atoms with van der Waals surface area (Å²) in [5.74, 6) is 1.73. The fraction of sp³-hybridized carbons (Fsp3) is 0.235. The number of carbonyl (C=O) groups is 1. The molecule has 0 saturated carbocycles. The number of rotatable bonds is 3. The Balaban J connectivity index is 1.72. The second-order valence-electron chi connectivity index (χ2n) is 5.03. The van der Waals surface area contributed by atoms with Crippen LogP contribution in [0.3, 0.4) is 0 Å². The summed E-state index contributed by atoms with van der Waals surface area (Å²) in [6.45, 7) is 1.81. The molecule has 2 unspecified atom stereocenters. The van der Waals surface area contributed by atoms with E-state index < -0.39 is 6.10 Å². The van der Waals surface area contributed by atoms with Gasteiger partial charge in [0.05, 0.1) is 7.11 Å². The highest BCUT2D eigenvalue weighted by molar-refractivity contribution is 5.95. The Hall–Kier alpha value is -2.69. The lowest BCUT2D eigenvalue weighted by Gasteiger charge is -2.31. The first-order chi connectivity index (χ1) is 10.7. The van der Waals surface area contributed by atoms with Crippen LogP contribution in [0.4, 0.5) is 5.69 Å². The van der Waals surface area contributed by atoms with Gasteiger partial charge in [-0.25, -0.2) is 0 Å². The summed E-state index contributed by atoms with van der Waals surface area (Å²) in [6, 6.07) is 14.4. The summed E-state index contributed by atoms with van der Waals surface area (Å²) in [6.07, 6.45) is -1.06. The van der Waals surface area contributed by atoms with Crippen LogP contribution in [0.25, 0.3) is 0 Å². The van der Waals surface area contributed by atoms with E-state index in [0.29, 0.717) is 17.2 Å². The minimum absolute atomic E-state index is 0.243. The molecule has 3 rings (SSSR count). The van der Waals surface area contributed by atoms with Crippen LogP contribution in [-0.2, 0) is 4.79 Å². The van der Waals surface area contributed by atoms with Crippen LogP contribution in [0.1, 0.15) is 6.92 Å². The molecular weight excluding hydrogens is 282 g/mol. The highest BCUT2D eigenvalue weighted by Crippen LogP contribution is 2.33. The normalized spacial score (nSPS) is 19.4. The van der Waals surface area contributed by atoms with Crippen molar-refractivity contribution in [2.24, 2.45) is 0 Å². The van der Waals surface area contributed by atoms with Crippen molar-refractivity contribution in [1.82, 2.24) is 0 Å². The Bertz CT molecular complexity index is 669. The monoisotopic (exact) mass is 299 g/mol. The first-order valence-electron chi connectivity index (χ1n) is 7.04. The topological polar surface area (TPSA) is 56.8 Å². The van der Waals surface area contributed by atoms with Crippen LogP contribution in [-0.4, -0.2) is 25.2 Å². The zero-order chi connectivity index (χ0) is 15.5. The van der Waals surface area contributed by atoms with Gasteiger partial charge in [0.15, 0.2) is 11.5 Å². The summed E-state index contributed by atoms with van der Waals surface area (Å²) in [5, 5.41) is 2.82. The Kier molecular flexibility index (Phi) is 3.87. The average molecular weight is 299 g/mol. The fourth-order valence-corrected chi connectivity index (χ4v) is 2.29. The predicted octanol–water partition coefficient (Wildman–Crippen LogP) is 2.86. The highest BCUT2D eigenvalue weighted by atomic mass is 16.6. The van der Waals surface area contributed by atoms with Gasteiger partial charge in [-0.2, -0.15) is 0 Å². The van der Waals surface area contributed by atoms with Gasteiger partial charge in [0, 0.05) is 5.69 Å². The molecule has 1 heterocycles. The zero-order valence-electron chi connectivity index (χ0n) is 12.4. The van der Waals surface area contributed by atoms with Crippen LogP contribution in [0.15, 0.2) is 48.5 Å². The average Bonchev–Trinajstić information content (AvgIpc) is 2.54. The maximum Gasteiger partial charge on any atom is 0.269 e. The molecule has 0 bridgehead atoms. The molecule has 1 amide bonds. The molecule has 114 valence electrons. The fourth-order valence-electron chi connectivity index (χ4n) is 2.29. The third kappa shape index (κ3) is 2.83. The Morgan fingerprint density at radius 1 is 1.05 bits per heavy atom. The van der Waals surface area contributed by atoms with E-state index in [4.69, 9.17) is 14.2 Å². The molecule has 2 atom stereocenters. The molecule has 1 aliphatic rings. The second-order valence-corrected chi connectivity index (χ2v) is 5.03. The van der Waals surface area contributed by atoms with Gasteiger partial charge < -0.3 is 19.5 Å². The largest absolute Gasteiger partial charge is 0.497 e. The van der Waals surface area contributed by atoms with E-state index in [0.717, 1.165) is 5.75 Å². The van der Waals surface area contributed by atoms with Crippen LogP contribution in [0, 0.1) is 0 Å². The first kappa shape index (κ1) is 14.3. The van der Waals surface area contributed by atoms with E-state index in [1.54, 1.807) is 37.4 Å². The molecular formula is C17H17NO4. The van der Waals surface area contributed by atoms with Gasteiger partial charge in [-0.15, -0.1) is 0 Å². The Labute approximate surface area is 128 Å². The van der Waals surface area contributed by atoms with E-state index >= 15 is 0 Å². The number of carbonyl (C=O) groups excluding carboxylic acids is 1. The number of para-hydroxylation sites is 2. The van der Waals surface area contributed by atoms with E-state index in [1.165, 1.54) is 0 Å². The summed E-state index contributed by atoms with van der Waals surface area (Å²) >= 11 is 0. The maximum absolute atomic E-state index is 12.4. The molecule has 0 spiro atoms. The Morgan fingerprint density at radius 2 is 1.68 bits per heavy atom. The SMILES string of the molecule is COc1ccc(NC(=O)C2Oc3ccccc3OC2C)cc1. The van der Waals surface area contributed by atoms with Crippen molar-refractivity contribution in [3.63, 3.8) is 0 Å². The van der Waals surface area contributed by atoms with Crippen LogP contribution < -0.4 is 19.5 Å². The number of amides is 1. The molecule has 0 saturated heterocycles. The van der Waals surface area contributed by atoms with Crippen LogP contribution in [0.2, 0.25) is 0 Å². The lowest BCUT2D eigenvalue weighted by Crippen LogP contribution is -2.46. The number of fused-ring (bicyclic) bond motifs is 1. The van der Waals surface area contributed by atoms with Crippen molar-refractivity contribution >= 4 is 11.6 Å². The first-order valence-corrected chi connectivity index (χ1v) is 7.04. The lowest BCUT2D eigenvalue weighted by molar-refractivity contribution is -0.128. The second kappa shape index (κ2) is 5.97. The van der Waals surface area contributed by atoms with E-state index in [-0.39, 0.29) is 12.0 Å². The van der Waals surface area contributed by atoms with Gasteiger partial charge in [0.1, 0.15) is 11.9 Å². The van der Waals surface area contributed by atoms with Crippen molar-refractivity contribution in [3.8, 4) is 17.2 Å². The Morgan fingerprint density at radius 3 is 2.32 bits per heavy atom. The molecule has 5 nitrogen and oxygen atoms in total. The number of hydrogen-bond acceptors (Lipinski definition) is 4. The van der Waals surface area contributed by atoms with Gasteiger partial charge in [-0.05, 0) is 43.3 Å². The zero-order valence-corrected chi connectivity index (χ0v) is 12.4. The van der Waals surface area contributed by atoms with Crippen LogP contribution in [0.5, 0.6) is 17.2 Å². The van der Waals surface area contributed by atoms with Gasteiger partial charge in [-0.3, -0.25) is 4.79 Å². The number of nitrogens with one attached hydrogen (secondary N) is 1. The number of hydrogen-bond donors (Lipinski definition) is 1. The lowest BCUT2D eigenvalue weighted by atomic mass is 10.1. The number of anilines is 1. The predicted molar refractivity (Wildman–Crippen MR) is 82.6 cm³/mol. The van der Waals surface area contributed by atoms with Gasteiger partial charge in [0.2, 0.25) is 6.10 Å². The standard InChI is InChI=1S/C17H17NO4/c1-11-16(22-15-6-4-3-5-14(15)21-11)17(19)18-12-7-9-13(20-2)10-8-12/h3-11,16H,1-2H3,(H,18,19). The van der Waals surface area contributed by atoms with Crippen molar-refractivity contribution in [3.05, 3.63) is 48.5 Å². The molecule has 1 N–H and O–H groups in total. The molecule has 0 aliphatic carbocycles. The molecule has 22 heavy (non-hydrogen) atoms. The summed E-state index contributed by atoms with van der Waals surface area (Å²) < 4.78 is 16.6. The molecule has 5 heteroatoms. The highest BCUT2D eigenvalue weighted by Gasteiger charge is 2.34. The number of benzene rings is 2. The molecule has 1 aliphatic heterocycles. The van der Waals surface area contributed by atoms with Gasteiger partial charge in [-0.1, -0.05) is 12.1 Å². The smallest absolute Gasteiger partial charge is 0.269 e. The summed E-state index contributed by atoms with van der Waals surface area (Å²) in [5.41, 5.74) is 0.681. The van der Waals surface area contributed by atoms with Crippen molar-refractivity contribution in [2.45, 2.75) is 19.1 Å². The minimum Gasteiger partial charge on any atom is -0.497 e. The van der Waals surface area contributed by atoms with Gasteiger partial charge >= 0.3 is 0 Å². The van der Waals surface area contributed by atoms with Crippen molar-refractivity contribution < 1.29 is 19.0 Å². The third-order valence-corrected chi connectivity index (χ3v) is 3.46. The van der Waals surface area contributed by atoms with E-state index in [9.17, 15) is 4.79 Å². The molecule has 2 aromatic rings. The molecule has 2 aromatic carbocycles. The third-order valence-electron chi connectivity index (χ3n) is 3.46. The van der Waals surface area contributed by atoms with Crippen LogP contribution >= 0.6 is 0 Å². The van der Waals surface area contributed by atoms with Crippen molar-refractivity contribution in [1.29, 1.82) is 0 Å². The van der Waals surface area contributed by atoms with E-state index in [1.807, 2.05) is 25.1 Å². The quantitative estimate of drug-likeness (QED) is 0.947. The number of ether oxygens (including phenoxy) is 3. The number of methoxy groups -OCH3 is 1. The molecule has 0 fully saturated rings. The van der Waals surface area contributed by atoms with Gasteiger partial charge in [0.25, 0.3) is 5.91 Å². The van der Waals surface area contributed by atoms with Crippen molar-refractivity contribution in [2.75, 3.05) is 12.4 Å². The van der Waals surface area contributed by atoms with E-state index in [2.05, 4.69) is 5.32 Å². The summed E-state index contributed by atoms with van der Waals surface area (Å²) in [4.78, 5) is 12.4. The molecule has 0 aromatic heterocycles. The molecule has 0 radical (unpaired) electrons. The summed E-state index contributed by atoms with van der Waals surface area (Å²) in [7, 11) is 1.60. The minimum atomic E-state index is -0.697.